The Labute approximate surface area is 190 Å². The predicted molar refractivity (Wildman–Crippen MR) is 114 cm³/mol. The first kappa shape index (κ1) is 24.0. The van der Waals surface area contributed by atoms with Gasteiger partial charge < -0.3 is 14.8 Å². The summed E-state index contributed by atoms with van der Waals surface area (Å²) in [6.07, 6.45) is 1.37. The van der Waals surface area contributed by atoms with Crippen LogP contribution in [0, 0.1) is 11.6 Å². The fraction of sp³-hybridized carbons (Fsp3) is 0.520. The summed E-state index contributed by atoms with van der Waals surface area (Å²) in [5, 5.41) is 3.24. The van der Waals surface area contributed by atoms with Crippen LogP contribution in [0.2, 0.25) is 0 Å². The second kappa shape index (κ2) is 9.58. The van der Waals surface area contributed by atoms with Crippen molar-refractivity contribution in [1.82, 2.24) is 5.32 Å². The predicted octanol–water partition coefficient (Wildman–Crippen LogP) is 6.40. The first-order valence-electron chi connectivity index (χ1n) is 11.3. The second-order valence-corrected chi connectivity index (χ2v) is 9.23. The van der Waals surface area contributed by atoms with Gasteiger partial charge in [-0.25, -0.2) is 8.78 Å². The number of hydrogen-bond donors (Lipinski definition) is 1. The number of halogens is 5. The van der Waals surface area contributed by atoms with E-state index in [1.165, 1.54) is 24.3 Å². The van der Waals surface area contributed by atoms with E-state index in [9.17, 15) is 22.0 Å². The van der Waals surface area contributed by atoms with E-state index < -0.39 is 18.0 Å². The average molecular weight is 469 g/mol. The molecule has 2 fully saturated rings. The van der Waals surface area contributed by atoms with Gasteiger partial charge in [-0.2, -0.15) is 0 Å². The van der Waals surface area contributed by atoms with E-state index in [0.717, 1.165) is 43.7 Å². The lowest BCUT2D eigenvalue weighted by molar-refractivity contribution is -0.274. The van der Waals surface area contributed by atoms with Crippen molar-refractivity contribution in [2.75, 3.05) is 13.2 Å². The zero-order valence-electron chi connectivity index (χ0n) is 18.3. The molecule has 2 aromatic carbocycles. The maximum Gasteiger partial charge on any atom is 0.573 e. The van der Waals surface area contributed by atoms with Crippen LogP contribution < -0.4 is 10.1 Å². The lowest BCUT2D eigenvalue weighted by Crippen LogP contribution is -2.47. The van der Waals surface area contributed by atoms with Crippen LogP contribution in [0.1, 0.15) is 56.1 Å². The summed E-state index contributed by atoms with van der Waals surface area (Å²) in [4.78, 5) is 0. The first-order chi connectivity index (χ1) is 15.7. The molecule has 0 unspecified atom stereocenters. The van der Waals surface area contributed by atoms with E-state index in [-0.39, 0.29) is 16.8 Å². The quantitative estimate of drug-likeness (QED) is 0.376. The van der Waals surface area contributed by atoms with Crippen molar-refractivity contribution >= 4 is 0 Å². The topological polar surface area (TPSA) is 30.5 Å². The van der Waals surface area contributed by atoms with E-state index in [2.05, 4.69) is 10.1 Å². The molecule has 2 aliphatic rings. The van der Waals surface area contributed by atoms with E-state index in [0.29, 0.717) is 38.1 Å². The molecule has 1 heterocycles. The molecule has 1 saturated carbocycles. The molecule has 4 rings (SSSR count). The van der Waals surface area contributed by atoms with Gasteiger partial charge in [0, 0.05) is 24.6 Å². The van der Waals surface area contributed by atoms with Gasteiger partial charge in [0.15, 0.2) is 0 Å². The summed E-state index contributed by atoms with van der Waals surface area (Å²) in [6.45, 7) is 1.38. The third-order valence-corrected chi connectivity index (χ3v) is 6.88. The van der Waals surface area contributed by atoms with E-state index in [1.807, 2.05) is 6.07 Å². The minimum atomic E-state index is -4.75. The molecule has 3 nitrogen and oxygen atoms in total. The summed E-state index contributed by atoms with van der Waals surface area (Å²) in [5.74, 6) is -1.48. The lowest BCUT2D eigenvalue weighted by Gasteiger charge is -2.47. The molecule has 180 valence electrons. The Morgan fingerprint density at radius 3 is 2.39 bits per heavy atom. The van der Waals surface area contributed by atoms with Crippen LogP contribution in [0.15, 0.2) is 42.5 Å². The largest absolute Gasteiger partial charge is 0.573 e. The molecule has 0 amide bonds. The molecule has 1 saturated heterocycles. The van der Waals surface area contributed by atoms with Gasteiger partial charge in [-0.15, -0.1) is 13.2 Å². The Bertz CT molecular complexity index is 938. The smallest absolute Gasteiger partial charge is 0.406 e. The van der Waals surface area contributed by atoms with Gasteiger partial charge in [-0.1, -0.05) is 25.0 Å². The van der Waals surface area contributed by atoms with Gasteiger partial charge in [-0.05, 0) is 74.0 Å². The monoisotopic (exact) mass is 469 g/mol. The molecule has 0 aromatic heterocycles. The van der Waals surface area contributed by atoms with Crippen molar-refractivity contribution in [3.8, 4) is 5.75 Å². The highest BCUT2D eigenvalue weighted by Gasteiger charge is 2.47. The van der Waals surface area contributed by atoms with Gasteiger partial charge in [-0.3, -0.25) is 0 Å². The molecule has 1 atom stereocenters. The highest BCUT2D eigenvalue weighted by atomic mass is 19.4. The zero-order valence-corrected chi connectivity index (χ0v) is 18.3. The SMILES string of the molecule is Fc1cc(F)cc(CNCC[C@]2(c3cccc(OC(F)(F)F)c3)CCOC3(CCCC3)C2)c1. The molecule has 1 N–H and O–H groups in total. The number of hydrogen-bond acceptors (Lipinski definition) is 3. The van der Waals surface area contributed by atoms with Crippen molar-refractivity contribution in [3.63, 3.8) is 0 Å². The van der Waals surface area contributed by atoms with Crippen molar-refractivity contribution in [2.24, 2.45) is 0 Å². The highest BCUT2D eigenvalue weighted by molar-refractivity contribution is 5.35. The standard InChI is InChI=1S/C25H28F5NO2/c26-20-12-18(13-21(27)15-20)16-31-10-8-23(9-11-32-24(17-23)6-1-2-7-24)19-4-3-5-22(14-19)33-25(28,29)30/h3-5,12-15,31H,1-2,6-11,16-17H2/t23-/m0/s1. The molecule has 0 bridgehead atoms. The minimum Gasteiger partial charge on any atom is -0.406 e. The Morgan fingerprint density at radius 1 is 0.970 bits per heavy atom. The summed E-state index contributed by atoms with van der Waals surface area (Å²) in [7, 11) is 0. The Morgan fingerprint density at radius 2 is 1.70 bits per heavy atom. The van der Waals surface area contributed by atoms with Crippen LogP contribution in [0.25, 0.3) is 0 Å². The second-order valence-electron chi connectivity index (χ2n) is 9.23. The molecule has 1 aliphatic heterocycles. The highest BCUT2D eigenvalue weighted by Crippen LogP contribution is 2.50. The van der Waals surface area contributed by atoms with Gasteiger partial charge in [0.1, 0.15) is 17.4 Å². The van der Waals surface area contributed by atoms with E-state index >= 15 is 0 Å². The Kier molecular flexibility index (Phi) is 6.96. The van der Waals surface area contributed by atoms with Gasteiger partial charge in [0.25, 0.3) is 0 Å². The van der Waals surface area contributed by atoms with E-state index in [4.69, 9.17) is 4.74 Å². The third-order valence-electron chi connectivity index (χ3n) is 6.88. The normalized spacial score (nSPS) is 22.6. The maximum atomic E-state index is 13.5. The summed E-state index contributed by atoms with van der Waals surface area (Å²) in [5.41, 5.74) is 0.678. The third kappa shape index (κ3) is 6.03. The Hall–Kier alpha value is -2.19. The summed E-state index contributed by atoms with van der Waals surface area (Å²) >= 11 is 0. The van der Waals surface area contributed by atoms with Crippen molar-refractivity contribution < 1.29 is 31.4 Å². The fourth-order valence-corrected chi connectivity index (χ4v) is 5.46. The number of benzene rings is 2. The fourth-order valence-electron chi connectivity index (χ4n) is 5.46. The summed E-state index contributed by atoms with van der Waals surface area (Å²) in [6, 6.07) is 9.65. The van der Waals surface area contributed by atoms with Crippen LogP contribution in [0.3, 0.4) is 0 Å². The molecule has 2 aromatic rings. The first-order valence-corrected chi connectivity index (χ1v) is 11.3. The van der Waals surface area contributed by atoms with Crippen LogP contribution in [0.4, 0.5) is 22.0 Å². The molecular formula is C25H28F5NO2. The van der Waals surface area contributed by atoms with Gasteiger partial charge in [0.2, 0.25) is 0 Å². The number of ether oxygens (including phenoxy) is 2. The minimum absolute atomic E-state index is 0.227. The number of rotatable bonds is 7. The number of nitrogens with one attached hydrogen (secondary N) is 1. The molecule has 1 spiro atoms. The molecule has 33 heavy (non-hydrogen) atoms. The van der Waals surface area contributed by atoms with Crippen molar-refractivity contribution in [2.45, 2.75) is 68.9 Å². The van der Waals surface area contributed by atoms with Crippen LogP contribution in [-0.2, 0) is 16.7 Å². The molecule has 1 aliphatic carbocycles. The van der Waals surface area contributed by atoms with Crippen LogP contribution in [0.5, 0.6) is 5.75 Å². The maximum absolute atomic E-state index is 13.5. The van der Waals surface area contributed by atoms with Crippen LogP contribution in [-0.4, -0.2) is 25.1 Å². The van der Waals surface area contributed by atoms with E-state index in [1.54, 1.807) is 6.07 Å². The zero-order chi connectivity index (χ0) is 23.5. The van der Waals surface area contributed by atoms with Crippen molar-refractivity contribution in [1.29, 1.82) is 0 Å². The molecular weight excluding hydrogens is 441 g/mol. The number of alkyl halides is 3. The van der Waals surface area contributed by atoms with Gasteiger partial charge in [0.05, 0.1) is 5.60 Å². The molecule has 8 heteroatoms. The van der Waals surface area contributed by atoms with Crippen LogP contribution >= 0.6 is 0 Å². The van der Waals surface area contributed by atoms with Gasteiger partial charge >= 0.3 is 6.36 Å². The average Bonchev–Trinajstić information content (AvgIpc) is 3.17. The molecule has 0 radical (unpaired) electrons. The summed E-state index contributed by atoms with van der Waals surface area (Å²) < 4.78 is 75.7. The Balaban J connectivity index is 1.53. The van der Waals surface area contributed by atoms with Crippen molar-refractivity contribution in [3.05, 3.63) is 65.2 Å². The lowest BCUT2D eigenvalue weighted by atomic mass is 9.66.